The lowest BCUT2D eigenvalue weighted by Crippen LogP contribution is -2.17. The van der Waals surface area contributed by atoms with Gasteiger partial charge in [0.2, 0.25) is 10.9 Å². The van der Waals surface area contributed by atoms with Crippen molar-refractivity contribution in [3.05, 3.63) is 87.3 Å². The van der Waals surface area contributed by atoms with Crippen LogP contribution in [-0.2, 0) is 16.1 Å². The van der Waals surface area contributed by atoms with Crippen molar-refractivity contribution in [2.75, 3.05) is 11.1 Å². The molecule has 1 N–H and O–H groups in total. The van der Waals surface area contributed by atoms with Crippen LogP contribution in [0.15, 0.2) is 70.4 Å². The molecule has 0 spiro atoms. The van der Waals surface area contributed by atoms with Crippen LogP contribution in [0.4, 0.5) is 5.69 Å². The van der Waals surface area contributed by atoms with Gasteiger partial charge in [-0.3, -0.25) is 9.59 Å². The predicted molar refractivity (Wildman–Crippen MR) is 133 cm³/mol. The van der Waals surface area contributed by atoms with Gasteiger partial charge in [0.05, 0.1) is 17.0 Å². The SMILES string of the molecule is CC(C)c1nn2c(=O)cc(COC(=O)c3ccc(NC(=O)CSc4ccccc4)cc3)nc2s1. The summed E-state index contributed by atoms with van der Waals surface area (Å²) in [6, 6.07) is 17.4. The highest BCUT2D eigenvalue weighted by atomic mass is 32.2. The molecule has 0 fully saturated rings. The average molecular weight is 495 g/mol. The van der Waals surface area contributed by atoms with E-state index >= 15 is 0 Å². The molecule has 10 heteroatoms. The van der Waals surface area contributed by atoms with E-state index in [2.05, 4.69) is 15.4 Å². The Labute approximate surface area is 204 Å². The van der Waals surface area contributed by atoms with Crippen LogP contribution in [0, 0.1) is 0 Å². The molecule has 8 nitrogen and oxygen atoms in total. The molecule has 0 unspecified atom stereocenters. The number of thioether (sulfide) groups is 1. The van der Waals surface area contributed by atoms with Crippen LogP contribution < -0.4 is 10.9 Å². The van der Waals surface area contributed by atoms with Gasteiger partial charge < -0.3 is 10.1 Å². The molecule has 0 bridgehead atoms. The van der Waals surface area contributed by atoms with E-state index in [9.17, 15) is 14.4 Å². The minimum Gasteiger partial charge on any atom is -0.456 e. The van der Waals surface area contributed by atoms with Crippen molar-refractivity contribution in [1.82, 2.24) is 14.6 Å². The van der Waals surface area contributed by atoms with Crippen molar-refractivity contribution >= 4 is 45.6 Å². The molecule has 0 aliphatic rings. The normalized spacial score (nSPS) is 11.0. The fourth-order valence-electron chi connectivity index (χ4n) is 2.95. The van der Waals surface area contributed by atoms with E-state index in [1.807, 2.05) is 44.2 Å². The van der Waals surface area contributed by atoms with Crippen LogP contribution >= 0.6 is 23.1 Å². The van der Waals surface area contributed by atoms with Gasteiger partial charge >= 0.3 is 5.97 Å². The molecule has 174 valence electrons. The van der Waals surface area contributed by atoms with Gasteiger partial charge in [-0.2, -0.15) is 9.61 Å². The fourth-order valence-corrected chi connectivity index (χ4v) is 4.60. The summed E-state index contributed by atoms with van der Waals surface area (Å²) in [7, 11) is 0. The van der Waals surface area contributed by atoms with Crippen LogP contribution in [0.5, 0.6) is 0 Å². The van der Waals surface area contributed by atoms with E-state index in [1.54, 1.807) is 24.3 Å². The monoisotopic (exact) mass is 494 g/mol. The van der Waals surface area contributed by atoms with Crippen molar-refractivity contribution < 1.29 is 14.3 Å². The number of carbonyl (C=O) groups excluding carboxylic acids is 2. The average Bonchev–Trinajstić information content (AvgIpc) is 3.28. The molecule has 2 heterocycles. The van der Waals surface area contributed by atoms with Gasteiger partial charge in [-0.1, -0.05) is 43.4 Å². The third-order valence-corrected chi connectivity index (χ3v) is 6.90. The summed E-state index contributed by atoms with van der Waals surface area (Å²) in [4.78, 5) is 42.7. The maximum absolute atomic E-state index is 12.4. The molecular formula is C24H22N4O4S2. The smallest absolute Gasteiger partial charge is 0.338 e. The first-order chi connectivity index (χ1) is 16.4. The zero-order valence-corrected chi connectivity index (χ0v) is 20.2. The fraction of sp³-hybridized carbons (Fsp3) is 0.208. The van der Waals surface area contributed by atoms with Gasteiger partial charge in [0.15, 0.2) is 0 Å². The molecule has 34 heavy (non-hydrogen) atoms. The number of hydrogen-bond donors (Lipinski definition) is 1. The quantitative estimate of drug-likeness (QED) is 0.287. The topological polar surface area (TPSA) is 103 Å². The summed E-state index contributed by atoms with van der Waals surface area (Å²) in [6.45, 7) is 3.85. The van der Waals surface area contributed by atoms with E-state index in [0.717, 1.165) is 9.90 Å². The molecule has 0 aliphatic carbocycles. The van der Waals surface area contributed by atoms with Crippen molar-refractivity contribution in [3.63, 3.8) is 0 Å². The van der Waals surface area contributed by atoms with E-state index in [4.69, 9.17) is 4.74 Å². The zero-order chi connectivity index (χ0) is 24.1. The second-order valence-electron chi connectivity index (χ2n) is 7.68. The van der Waals surface area contributed by atoms with E-state index in [-0.39, 0.29) is 29.7 Å². The Balaban J connectivity index is 1.32. The summed E-state index contributed by atoms with van der Waals surface area (Å²) in [5, 5.41) is 7.89. The molecule has 4 rings (SSSR count). The van der Waals surface area contributed by atoms with E-state index in [0.29, 0.717) is 21.9 Å². The minimum atomic E-state index is -0.549. The number of fused-ring (bicyclic) bond motifs is 1. The molecule has 4 aromatic rings. The van der Waals surface area contributed by atoms with Gasteiger partial charge in [-0.05, 0) is 36.4 Å². The number of nitrogens with zero attached hydrogens (tertiary/aromatic N) is 3. The second kappa shape index (κ2) is 10.6. The highest BCUT2D eigenvalue weighted by Crippen LogP contribution is 2.20. The lowest BCUT2D eigenvalue weighted by atomic mass is 10.2. The first-order valence-corrected chi connectivity index (χ1v) is 12.3. The minimum absolute atomic E-state index is 0.130. The summed E-state index contributed by atoms with van der Waals surface area (Å²) in [5.74, 6) is -0.223. The van der Waals surface area contributed by atoms with Crippen LogP contribution in [0.1, 0.15) is 40.8 Å². The lowest BCUT2D eigenvalue weighted by Gasteiger charge is -2.07. The van der Waals surface area contributed by atoms with Crippen LogP contribution in [0.3, 0.4) is 0 Å². The maximum Gasteiger partial charge on any atom is 0.338 e. The molecule has 1 amide bonds. The number of rotatable bonds is 8. The predicted octanol–water partition coefficient (Wildman–Crippen LogP) is 4.36. The molecule has 0 radical (unpaired) electrons. The molecule has 2 aromatic heterocycles. The summed E-state index contributed by atoms with van der Waals surface area (Å²) < 4.78 is 6.59. The van der Waals surface area contributed by atoms with Crippen molar-refractivity contribution in [3.8, 4) is 0 Å². The van der Waals surface area contributed by atoms with Crippen LogP contribution in [-0.4, -0.2) is 32.2 Å². The van der Waals surface area contributed by atoms with Crippen molar-refractivity contribution in [2.24, 2.45) is 0 Å². The summed E-state index contributed by atoms with van der Waals surface area (Å²) in [6.07, 6.45) is 0. The third kappa shape index (κ3) is 5.89. The number of anilines is 1. The molecular weight excluding hydrogens is 472 g/mol. The maximum atomic E-state index is 12.4. The highest BCUT2D eigenvalue weighted by Gasteiger charge is 2.13. The number of amides is 1. The third-order valence-electron chi connectivity index (χ3n) is 4.68. The molecule has 0 saturated heterocycles. The molecule has 0 aliphatic heterocycles. The Hall–Kier alpha value is -3.50. The van der Waals surface area contributed by atoms with E-state index in [1.165, 1.54) is 33.7 Å². The number of nitrogens with one attached hydrogen (secondary N) is 1. The van der Waals surface area contributed by atoms with Gasteiger partial charge in [0, 0.05) is 22.6 Å². The Morgan fingerprint density at radius 3 is 2.56 bits per heavy atom. The molecule has 0 atom stereocenters. The first kappa shape index (κ1) is 23.7. The number of aromatic nitrogens is 3. The van der Waals surface area contributed by atoms with Gasteiger partial charge in [-0.25, -0.2) is 9.78 Å². The molecule has 2 aromatic carbocycles. The first-order valence-electron chi connectivity index (χ1n) is 10.5. The Kier molecular flexibility index (Phi) is 7.39. The number of hydrogen-bond acceptors (Lipinski definition) is 8. The highest BCUT2D eigenvalue weighted by molar-refractivity contribution is 8.00. The lowest BCUT2D eigenvalue weighted by molar-refractivity contribution is -0.113. The second-order valence-corrected chi connectivity index (χ2v) is 9.71. The largest absolute Gasteiger partial charge is 0.456 e. The van der Waals surface area contributed by atoms with Crippen molar-refractivity contribution in [2.45, 2.75) is 31.3 Å². The Bertz CT molecular complexity index is 1370. The van der Waals surface area contributed by atoms with E-state index < -0.39 is 5.97 Å². The number of carbonyl (C=O) groups is 2. The number of esters is 1. The van der Waals surface area contributed by atoms with Crippen molar-refractivity contribution in [1.29, 1.82) is 0 Å². The Morgan fingerprint density at radius 2 is 1.85 bits per heavy atom. The molecule has 0 saturated carbocycles. The summed E-state index contributed by atoms with van der Waals surface area (Å²) in [5.41, 5.74) is 0.956. The van der Waals surface area contributed by atoms with Gasteiger partial charge in [0.25, 0.3) is 5.56 Å². The van der Waals surface area contributed by atoms with Gasteiger partial charge in [-0.15, -0.1) is 11.8 Å². The standard InChI is InChI=1S/C24H22N4O4S2/c1-15(2)22-27-28-21(30)12-18(26-24(28)34-22)13-32-23(31)16-8-10-17(11-9-16)25-20(29)14-33-19-6-4-3-5-7-19/h3-12,15H,13-14H2,1-2H3,(H,25,29). The number of ether oxygens (including phenoxy) is 1. The van der Waals surface area contributed by atoms with Crippen LogP contribution in [0.2, 0.25) is 0 Å². The number of benzene rings is 2. The van der Waals surface area contributed by atoms with Crippen LogP contribution in [0.25, 0.3) is 4.96 Å². The Morgan fingerprint density at radius 1 is 1.12 bits per heavy atom. The summed E-state index contributed by atoms with van der Waals surface area (Å²) >= 11 is 2.78. The zero-order valence-electron chi connectivity index (χ0n) is 18.6. The van der Waals surface area contributed by atoms with Gasteiger partial charge in [0.1, 0.15) is 11.6 Å².